The molecular formula is C21H25N7O. The minimum Gasteiger partial charge on any atom is -0.357 e. The van der Waals surface area contributed by atoms with Gasteiger partial charge < -0.3 is 16.0 Å². The smallest absolute Gasteiger partial charge is 0.243 e. The fourth-order valence-corrected chi connectivity index (χ4v) is 2.75. The summed E-state index contributed by atoms with van der Waals surface area (Å²) < 4.78 is 1.88. The normalized spacial score (nSPS) is 11.1. The predicted molar refractivity (Wildman–Crippen MR) is 113 cm³/mol. The molecule has 0 saturated carbocycles. The van der Waals surface area contributed by atoms with Gasteiger partial charge in [-0.3, -0.25) is 14.5 Å². The molecule has 8 heteroatoms. The lowest BCUT2D eigenvalue weighted by atomic mass is 10.1. The summed E-state index contributed by atoms with van der Waals surface area (Å²) in [6, 6.07) is 13.6. The number of carbonyl (C=O) groups is 1. The van der Waals surface area contributed by atoms with Crippen molar-refractivity contribution >= 4 is 17.6 Å². The van der Waals surface area contributed by atoms with Crippen LogP contribution in [0.2, 0.25) is 0 Å². The highest BCUT2D eigenvalue weighted by molar-refractivity contribution is 5.94. The number of nitrogens with one attached hydrogen (secondary N) is 3. The second-order valence-electron chi connectivity index (χ2n) is 6.31. The van der Waals surface area contributed by atoms with Crippen LogP contribution in [0.3, 0.4) is 0 Å². The topological polar surface area (TPSA) is 96.2 Å². The molecule has 0 aliphatic carbocycles. The molecule has 1 aromatic carbocycles. The number of rotatable bonds is 8. The standard InChI is InChI=1S/C21H25N7O/c1-2-23-21(25-15-20(29)27-19-9-5-10-22-14-19)24-13-17-7-3-4-8-18(17)16-28-12-6-11-26-28/h3-12,14H,2,13,15-16H2,1H3,(H,27,29)(H2,23,24,25). The van der Waals surface area contributed by atoms with Crippen molar-refractivity contribution in [3.8, 4) is 0 Å². The van der Waals surface area contributed by atoms with Crippen molar-refractivity contribution in [1.29, 1.82) is 0 Å². The van der Waals surface area contributed by atoms with Gasteiger partial charge in [-0.25, -0.2) is 4.99 Å². The summed E-state index contributed by atoms with van der Waals surface area (Å²) in [4.78, 5) is 20.7. The van der Waals surface area contributed by atoms with Crippen molar-refractivity contribution in [3.63, 3.8) is 0 Å². The van der Waals surface area contributed by atoms with Crippen LogP contribution >= 0.6 is 0 Å². The summed E-state index contributed by atoms with van der Waals surface area (Å²) in [6.45, 7) is 3.98. The highest BCUT2D eigenvalue weighted by atomic mass is 16.1. The van der Waals surface area contributed by atoms with Gasteiger partial charge in [-0.1, -0.05) is 24.3 Å². The summed E-state index contributed by atoms with van der Waals surface area (Å²) in [7, 11) is 0. The maximum atomic E-state index is 12.1. The van der Waals surface area contributed by atoms with E-state index >= 15 is 0 Å². The molecule has 0 fully saturated rings. The number of nitrogens with zero attached hydrogens (tertiary/aromatic N) is 4. The zero-order chi connectivity index (χ0) is 20.3. The first kappa shape index (κ1) is 20.1. The molecule has 0 aliphatic heterocycles. The van der Waals surface area contributed by atoms with E-state index in [1.54, 1.807) is 30.7 Å². The lowest BCUT2D eigenvalue weighted by Crippen LogP contribution is -2.41. The maximum absolute atomic E-state index is 12.1. The van der Waals surface area contributed by atoms with Crippen LogP contribution in [-0.4, -0.2) is 39.7 Å². The molecule has 3 N–H and O–H groups in total. The number of hydrogen-bond acceptors (Lipinski definition) is 4. The predicted octanol–water partition coefficient (Wildman–Crippen LogP) is 2.02. The molecule has 0 atom stereocenters. The van der Waals surface area contributed by atoms with Gasteiger partial charge >= 0.3 is 0 Å². The maximum Gasteiger partial charge on any atom is 0.243 e. The number of benzene rings is 1. The van der Waals surface area contributed by atoms with E-state index in [-0.39, 0.29) is 12.5 Å². The molecule has 0 bridgehead atoms. The van der Waals surface area contributed by atoms with Crippen molar-refractivity contribution in [2.75, 3.05) is 18.4 Å². The molecule has 0 spiro atoms. The van der Waals surface area contributed by atoms with Gasteiger partial charge in [-0.05, 0) is 36.2 Å². The lowest BCUT2D eigenvalue weighted by molar-refractivity contribution is -0.115. The number of guanidine groups is 1. The van der Waals surface area contributed by atoms with Gasteiger partial charge in [0, 0.05) is 25.1 Å². The number of hydrogen-bond donors (Lipinski definition) is 3. The Labute approximate surface area is 170 Å². The van der Waals surface area contributed by atoms with E-state index in [0.717, 1.165) is 11.1 Å². The Bertz CT molecular complexity index is 923. The zero-order valence-electron chi connectivity index (χ0n) is 16.4. The molecule has 2 heterocycles. The molecule has 3 aromatic rings. The summed E-state index contributed by atoms with van der Waals surface area (Å²) in [6.07, 6.45) is 6.97. The Morgan fingerprint density at radius 2 is 1.93 bits per heavy atom. The van der Waals surface area contributed by atoms with Crippen LogP contribution in [0.25, 0.3) is 0 Å². The van der Waals surface area contributed by atoms with Crippen LogP contribution in [0.5, 0.6) is 0 Å². The Kier molecular flexibility index (Phi) is 7.34. The molecule has 0 aliphatic rings. The van der Waals surface area contributed by atoms with Crippen LogP contribution in [0.1, 0.15) is 18.1 Å². The molecule has 0 radical (unpaired) electrons. The fraction of sp³-hybridized carbons (Fsp3) is 0.238. The number of carbonyl (C=O) groups excluding carboxylic acids is 1. The third kappa shape index (κ3) is 6.46. The first-order valence-corrected chi connectivity index (χ1v) is 9.51. The van der Waals surface area contributed by atoms with E-state index in [0.29, 0.717) is 31.3 Å². The van der Waals surface area contributed by atoms with Crippen molar-refractivity contribution in [2.45, 2.75) is 20.0 Å². The minimum atomic E-state index is -0.164. The van der Waals surface area contributed by atoms with Crippen molar-refractivity contribution in [3.05, 3.63) is 78.4 Å². The second kappa shape index (κ2) is 10.6. The third-order valence-electron chi connectivity index (χ3n) is 4.12. The Morgan fingerprint density at radius 1 is 1.07 bits per heavy atom. The average Bonchev–Trinajstić information content (AvgIpc) is 3.25. The summed E-state index contributed by atoms with van der Waals surface area (Å²) in [5.41, 5.74) is 2.93. The lowest BCUT2D eigenvalue weighted by Gasteiger charge is -2.13. The largest absolute Gasteiger partial charge is 0.357 e. The molecule has 2 aromatic heterocycles. The van der Waals surface area contributed by atoms with Gasteiger partial charge in [0.15, 0.2) is 5.96 Å². The van der Waals surface area contributed by atoms with Crippen LogP contribution in [0, 0.1) is 0 Å². The molecule has 8 nitrogen and oxygen atoms in total. The SMILES string of the molecule is CCNC(=NCc1ccccc1Cn1cccn1)NCC(=O)Nc1cccnc1. The van der Waals surface area contributed by atoms with Crippen LogP contribution < -0.4 is 16.0 Å². The molecular weight excluding hydrogens is 366 g/mol. The molecule has 0 saturated heterocycles. The van der Waals surface area contributed by atoms with Gasteiger partial charge in [0.25, 0.3) is 0 Å². The first-order chi connectivity index (χ1) is 14.2. The number of amides is 1. The second-order valence-corrected chi connectivity index (χ2v) is 6.31. The van der Waals surface area contributed by atoms with Crippen molar-refractivity contribution in [2.24, 2.45) is 4.99 Å². The van der Waals surface area contributed by atoms with Crippen molar-refractivity contribution < 1.29 is 4.79 Å². The third-order valence-corrected chi connectivity index (χ3v) is 4.12. The first-order valence-electron chi connectivity index (χ1n) is 9.51. The van der Waals surface area contributed by atoms with Gasteiger partial charge in [-0.15, -0.1) is 0 Å². The van der Waals surface area contributed by atoms with Crippen LogP contribution in [0.15, 0.2) is 72.2 Å². The highest BCUT2D eigenvalue weighted by Crippen LogP contribution is 2.11. The molecule has 29 heavy (non-hydrogen) atoms. The van der Waals surface area contributed by atoms with E-state index in [2.05, 4.69) is 43.2 Å². The molecule has 1 amide bonds. The van der Waals surface area contributed by atoms with Gasteiger partial charge in [0.2, 0.25) is 5.91 Å². The van der Waals surface area contributed by atoms with E-state index in [4.69, 9.17) is 0 Å². The number of aromatic nitrogens is 3. The van der Waals surface area contributed by atoms with Gasteiger partial charge in [-0.2, -0.15) is 5.10 Å². The monoisotopic (exact) mass is 391 g/mol. The van der Waals surface area contributed by atoms with E-state index < -0.39 is 0 Å². The van der Waals surface area contributed by atoms with E-state index in [9.17, 15) is 4.79 Å². The van der Waals surface area contributed by atoms with E-state index in [1.165, 1.54) is 0 Å². The molecule has 0 unspecified atom stereocenters. The fourth-order valence-electron chi connectivity index (χ4n) is 2.75. The molecule has 150 valence electrons. The molecule has 3 rings (SSSR count). The highest BCUT2D eigenvalue weighted by Gasteiger charge is 2.06. The number of aliphatic imine (C=N–C) groups is 1. The van der Waals surface area contributed by atoms with Crippen molar-refractivity contribution in [1.82, 2.24) is 25.4 Å². The minimum absolute atomic E-state index is 0.107. The van der Waals surface area contributed by atoms with Crippen LogP contribution in [0.4, 0.5) is 5.69 Å². The Hall–Kier alpha value is -3.68. The summed E-state index contributed by atoms with van der Waals surface area (Å²) in [5.74, 6) is 0.422. The summed E-state index contributed by atoms with van der Waals surface area (Å²) >= 11 is 0. The average molecular weight is 391 g/mol. The van der Waals surface area contributed by atoms with Gasteiger partial charge in [0.05, 0.1) is 31.5 Å². The Morgan fingerprint density at radius 3 is 2.66 bits per heavy atom. The summed E-state index contributed by atoms with van der Waals surface area (Å²) in [5, 5.41) is 13.3. The number of pyridine rings is 1. The zero-order valence-corrected chi connectivity index (χ0v) is 16.4. The van der Waals surface area contributed by atoms with Crippen LogP contribution in [-0.2, 0) is 17.9 Å². The van der Waals surface area contributed by atoms with E-state index in [1.807, 2.05) is 36.0 Å². The van der Waals surface area contributed by atoms with Gasteiger partial charge in [0.1, 0.15) is 0 Å². The number of anilines is 1. The quantitative estimate of drug-likeness (QED) is 0.403. The Balaban J connectivity index is 1.60.